The van der Waals surface area contributed by atoms with Gasteiger partial charge in [0.2, 0.25) is 11.8 Å². The summed E-state index contributed by atoms with van der Waals surface area (Å²) in [6, 6.07) is 20.5. The molecule has 0 radical (unpaired) electrons. The molecule has 0 fully saturated rings. The predicted molar refractivity (Wildman–Crippen MR) is 136 cm³/mol. The van der Waals surface area contributed by atoms with E-state index in [1.165, 1.54) is 11.3 Å². The second-order valence-corrected chi connectivity index (χ2v) is 9.41. The average Bonchev–Trinajstić information content (AvgIpc) is 3.50. The normalized spacial score (nSPS) is 10.6. The Morgan fingerprint density at radius 1 is 0.941 bits per heavy atom. The number of amides is 3. The van der Waals surface area contributed by atoms with Crippen molar-refractivity contribution in [2.75, 3.05) is 11.9 Å². The van der Waals surface area contributed by atoms with Crippen LogP contribution >= 0.6 is 22.7 Å². The van der Waals surface area contributed by atoms with Crippen molar-refractivity contribution >= 4 is 46.1 Å². The van der Waals surface area contributed by atoms with E-state index in [9.17, 15) is 14.4 Å². The monoisotopic (exact) mass is 490 g/mol. The molecule has 0 aliphatic rings. The molecule has 9 heteroatoms. The largest absolute Gasteiger partial charge is 0.370 e. The summed E-state index contributed by atoms with van der Waals surface area (Å²) in [5, 5.41) is 8.32. The first-order valence-corrected chi connectivity index (χ1v) is 12.3. The zero-order valence-corrected chi connectivity index (χ0v) is 19.7. The summed E-state index contributed by atoms with van der Waals surface area (Å²) in [5.41, 5.74) is 7.63. The molecule has 4 aromatic rings. The molecule has 7 nitrogen and oxygen atoms in total. The summed E-state index contributed by atoms with van der Waals surface area (Å²) < 4.78 is 0. The number of benzene rings is 2. The number of nitrogens with two attached hydrogens (primary N) is 1. The van der Waals surface area contributed by atoms with Crippen LogP contribution in [0.3, 0.4) is 0 Å². The molecule has 34 heavy (non-hydrogen) atoms. The SMILES string of the molecule is NC(=O)CCNC(=O)c1ccccc1NC(=O)Cc1sc(-c2ccccc2)nc1-c1cccs1. The third kappa shape index (κ3) is 5.75. The van der Waals surface area contributed by atoms with Crippen molar-refractivity contribution in [1.82, 2.24) is 10.3 Å². The minimum Gasteiger partial charge on any atom is -0.370 e. The molecule has 0 saturated heterocycles. The van der Waals surface area contributed by atoms with Gasteiger partial charge in [-0.2, -0.15) is 0 Å². The van der Waals surface area contributed by atoms with E-state index in [2.05, 4.69) is 10.6 Å². The number of nitrogens with zero attached hydrogens (tertiary/aromatic N) is 1. The van der Waals surface area contributed by atoms with Crippen molar-refractivity contribution < 1.29 is 14.4 Å². The van der Waals surface area contributed by atoms with Gasteiger partial charge in [0.05, 0.1) is 28.2 Å². The van der Waals surface area contributed by atoms with Gasteiger partial charge in [-0.25, -0.2) is 4.98 Å². The van der Waals surface area contributed by atoms with Crippen molar-refractivity contribution in [3.63, 3.8) is 0 Å². The Hall–Kier alpha value is -3.82. The second kappa shape index (κ2) is 10.9. The lowest BCUT2D eigenvalue weighted by Gasteiger charge is -2.11. The topological polar surface area (TPSA) is 114 Å². The Bertz CT molecular complexity index is 1300. The van der Waals surface area contributed by atoms with Gasteiger partial charge in [0, 0.05) is 23.4 Å². The van der Waals surface area contributed by atoms with E-state index in [1.54, 1.807) is 35.6 Å². The fourth-order valence-electron chi connectivity index (χ4n) is 3.31. The highest BCUT2D eigenvalue weighted by Crippen LogP contribution is 2.36. The maximum absolute atomic E-state index is 13.0. The molecule has 4 rings (SSSR count). The van der Waals surface area contributed by atoms with Gasteiger partial charge in [-0.3, -0.25) is 14.4 Å². The van der Waals surface area contributed by atoms with Crippen LogP contribution in [0.25, 0.3) is 21.1 Å². The Morgan fingerprint density at radius 3 is 2.44 bits per heavy atom. The van der Waals surface area contributed by atoms with E-state index in [0.29, 0.717) is 11.3 Å². The number of hydrogen-bond acceptors (Lipinski definition) is 6. The number of para-hydroxylation sites is 1. The molecule has 4 N–H and O–H groups in total. The molecule has 0 bridgehead atoms. The van der Waals surface area contributed by atoms with Gasteiger partial charge in [-0.15, -0.1) is 22.7 Å². The summed E-state index contributed by atoms with van der Waals surface area (Å²) >= 11 is 3.06. The van der Waals surface area contributed by atoms with Crippen LogP contribution in [0, 0.1) is 0 Å². The minimum atomic E-state index is -0.497. The highest BCUT2D eigenvalue weighted by Gasteiger charge is 2.19. The first kappa shape index (κ1) is 23.3. The molecular weight excluding hydrogens is 468 g/mol. The van der Waals surface area contributed by atoms with E-state index in [4.69, 9.17) is 10.7 Å². The molecule has 172 valence electrons. The smallest absolute Gasteiger partial charge is 0.253 e. The Kier molecular flexibility index (Phi) is 7.46. The standard InChI is InChI=1S/C25H22N4O3S2/c26-21(30)12-13-27-24(32)17-9-4-5-10-18(17)28-22(31)15-20-23(19-11-6-14-33-19)29-25(34-20)16-7-2-1-3-8-16/h1-11,14H,12-13,15H2,(H2,26,30)(H,27,32)(H,28,31). The van der Waals surface area contributed by atoms with Crippen LogP contribution in [0.5, 0.6) is 0 Å². The number of anilines is 1. The van der Waals surface area contributed by atoms with Gasteiger partial charge in [0.15, 0.2) is 0 Å². The van der Waals surface area contributed by atoms with Gasteiger partial charge in [-0.1, -0.05) is 48.5 Å². The Labute approximate surface area is 204 Å². The van der Waals surface area contributed by atoms with Crippen molar-refractivity contribution in [2.45, 2.75) is 12.8 Å². The maximum Gasteiger partial charge on any atom is 0.253 e. The Morgan fingerprint density at radius 2 is 1.71 bits per heavy atom. The summed E-state index contributed by atoms with van der Waals surface area (Å²) in [6.07, 6.45) is 0.163. The average molecular weight is 491 g/mol. The molecule has 0 aliphatic carbocycles. The molecule has 0 aliphatic heterocycles. The molecule has 2 heterocycles. The third-order valence-corrected chi connectivity index (χ3v) is 6.88. The Balaban J connectivity index is 1.53. The second-order valence-electron chi connectivity index (χ2n) is 7.38. The molecular formula is C25H22N4O3S2. The van der Waals surface area contributed by atoms with Crippen molar-refractivity contribution in [2.24, 2.45) is 5.73 Å². The number of aromatic nitrogens is 1. The van der Waals surface area contributed by atoms with E-state index in [1.807, 2.05) is 47.8 Å². The lowest BCUT2D eigenvalue weighted by Crippen LogP contribution is -2.29. The number of primary amides is 1. The van der Waals surface area contributed by atoms with Crippen LogP contribution in [0.2, 0.25) is 0 Å². The predicted octanol–water partition coefficient (Wildman–Crippen LogP) is 4.33. The van der Waals surface area contributed by atoms with Crippen LogP contribution in [0.4, 0.5) is 5.69 Å². The quantitative estimate of drug-likeness (QED) is 0.324. The fourth-order valence-corrected chi connectivity index (χ4v) is 5.19. The van der Waals surface area contributed by atoms with Crippen LogP contribution in [-0.2, 0) is 16.0 Å². The van der Waals surface area contributed by atoms with Crippen LogP contribution in [0.15, 0.2) is 72.1 Å². The number of carbonyl (C=O) groups is 3. The lowest BCUT2D eigenvalue weighted by atomic mass is 10.1. The number of hydrogen-bond donors (Lipinski definition) is 3. The van der Waals surface area contributed by atoms with Crippen molar-refractivity contribution in [3.05, 3.63) is 82.6 Å². The number of rotatable bonds is 9. The number of thiophene rings is 1. The lowest BCUT2D eigenvalue weighted by molar-refractivity contribution is -0.118. The first-order valence-electron chi connectivity index (χ1n) is 10.6. The zero-order valence-electron chi connectivity index (χ0n) is 18.1. The zero-order chi connectivity index (χ0) is 23.9. The summed E-state index contributed by atoms with van der Waals surface area (Å²) in [7, 11) is 0. The fraction of sp³-hybridized carbons (Fsp3) is 0.120. The molecule has 0 saturated carbocycles. The number of carbonyl (C=O) groups excluding carboxylic acids is 3. The van der Waals surface area contributed by atoms with Gasteiger partial charge >= 0.3 is 0 Å². The maximum atomic E-state index is 13.0. The highest BCUT2D eigenvalue weighted by molar-refractivity contribution is 7.17. The van der Waals surface area contributed by atoms with Crippen LogP contribution < -0.4 is 16.4 Å². The third-order valence-electron chi connectivity index (χ3n) is 4.90. The molecule has 2 aromatic heterocycles. The number of thiazole rings is 1. The van der Waals surface area contributed by atoms with E-state index in [0.717, 1.165) is 26.0 Å². The summed E-state index contributed by atoms with van der Waals surface area (Å²) in [6.45, 7) is 0.129. The minimum absolute atomic E-state index is 0.0425. The van der Waals surface area contributed by atoms with E-state index < -0.39 is 5.91 Å². The van der Waals surface area contributed by atoms with Gasteiger partial charge in [0.1, 0.15) is 5.01 Å². The molecule has 3 amide bonds. The van der Waals surface area contributed by atoms with E-state index >= 15 is 0 Å². The van der Waals surface area contributed by atoms with Gasteiger partial charge in [0.25, 0.3) is 5.91 Å². The summed E-state index contributed by atoms with van der Waals surface area (Å²) in [5.74, 6) is -1.14. The molecule has 0 unspecified atom stereocenters. The molecule has 2 aromatic carbocycles. The van der Waals surface area contributed by atoms with Crippen molar-refractivity contribution in [3.8, 4) is 21.1 Å². The molecule has 0 atom stereocenters. The van der Waals surface area contributed by atoms with E-state index in [-0.39, 0.29) is 31.2 Å². The van der Waals surface area contributed by atoms with Crippen LogP contribution in [-0.4, -0.2) is 29.3 Å². The van der Waals surface area contributed by atoms with Crippen LogP contribution in [0.1, 0.15) is 21.7 Å². The van der Waals surface area contributed by atoms with Crippen molar-refractivity contribution in [1.29, 1.82) is 0 Å². The van der Waals surface area contributed by atoms with Gasteiger partial charge in [-0.05, 0) is 23.6 Å². The highest BCUT2D eigenvalue weighted by atomic mass is 32.1. The molecule has 0 spiro atoms. The number of nitrogens with one attached hydrogen (secondary N) is 2. The first-order chi connectivity index (χ1) is 16.5. The van der Waals surface area contributed by atoms with Gasteiger partial charge < -0.3 is 16.4 Å². The summed E-state index contributed by atoms with van der Waals surface area (Å²) in [4.78, 5) is 43.1.